The van der Waals surface area contributed by atoms with E-state index < -0.39 is 5.91 Å². The molecule has 164 valence electrons. The van der Waals surface area contributed by atoms with Crippen LogP contribution in [0.1, 0.15) is 25.0 Å². The van der Waals surface area contributed by atoms with Gasteiger partial charge in [0.05, 0.1) is 6.54 Å². The number of nitrogens with zero attached hydrogens (tertiary/aromatic N) is 5. The summed E-state index contributed by atoms with van der Waals surface area (Å²) in [6.45, 7) is 2.97. The summed E-state index contributed by atoms with van der Waals surface area (Å²) in [6, 6.07) is 15.3. The molecule has 1 saturated heterocycles. The second-order valence-electron chi connectivity index (χ2n) is 7.35. The summed E-state index contributed by atoms with van der Waals surface area (Å²) in [5.41, 5.74) is 0.753. The van der Waals surface area contributed by atoms with Crippen molar-refractivity contribution >= 4 is 33.6 Å². The SMILES string of the molecule is N#C/C(=C/c1cccn1CCOc1ccccc1)C(=O)Nc1nnc(N2CCCCC2)s1. The van der Waals surface area contributed by atoms with E-state index in [0.717, 1.165) is 42.5 Å². The molecule has 2 aromatic heterocycles. The molecule has 4 rings (SSSR count). The Bertz CT molecular complexity index is 1110. The number of hydrogen-bond acceptors (Lipinski definition) is 7. The fourth-order valence-corrected chi connectivity index (χ4v) is 4.27. The first-order chi connectivity index (χ1) is 15.7. The molecule has 9 heteroatoms. The zero-order chi connectivity index (χ0) is 22.2. The molecule has 8 nitrogen and oxygen atoms in total. The van der Waals surface area contributed by atoms with E-state index in [4.69, 9.17) is 4.74 Å². The standard InChI is InChI=1S/C23H24N6O2S/c24-17-18(21(30)25-22-26-27-23(32-22)29-11-5-2-6-12-29)16-19-8-7-13-28(19)14-15-31-20-9-3-1-4-10-20/h1,3-4,7-10,13,16H,2,5-6,11-12,14-15H2,(H,25,26,30)/b18-16-. The van der Waals surface area contributed by atoms with Crippen LogP contribution in [0, 0.1) is 11.3 Å². The van der Waals surface area contributed by atoms with Crippen LogP contribution >= 0.6 is 11.3 Å². The van der Waals surface area contributed by atoms with Crippen LogP contribution in [-0.4, -0.2) is 40.4 Å². The lowest BCUT2D eigenvalue weighted by molar-refractivity contribution is -0.112. The maximum Gasteiger partial charge on any atom is 0.268 e. The molecule has 0 spiro atoms. The van der Waals surface area contributed by atoms with Gasteiger partial charge in [-0.2, -0.15) is 5.26 Å². The number of rotatable bonds is 8. The summed E-state index contributed by atoms with van der Waals surface area (Å²) in [4.78, 5) is 14.8. The second-order valence-corrected chi connectivity index (χ2v) is 8.31. The molecule has 3 heterocycles. The fourth-order valence-electron chi connectivity index (χ4n) is 3.48. The maximum absolute atomic E-state index is 12.7. The number of amides is 1. The van der Waals surface area contributed by atoms with Crippen LogP contribution < -0.4 is 15.0 Å². The molecule has 1 amide bonds. The minimum absolute atomic E-state index is 0.00338. The molecule has 32 heavy (non-hydrogen) atoms. The Balaban J connectivity index is 1.37. The van der Waals surface area contributed by atoms with Crippen molar-refractivity contribution < 1.29 is 9.53 Å². The molecule has 0 unspecified atom stereocenters. The summed E-state index contributed by atoms with van der Waals surface area (Å²) in [5.74, 6) is 0.303. The first-order valence-corrected chi connectivity index (χ1v) is 11.4. The summed E-state index contributed by atoms with van der Waals surface area (Å²) in [7, 11) is 0. The first-order valence-electron chi connectivity index (χ1n) is 10.6. The third-order valence-corrected chi connectivity index (χ3v) is 6.03. The highest BCUT2D eigenvalue weighted by atomic mass is 32.1. The number of nitrogens with one attached hydrogen (secondary N) is 1. The molecule has 1 aromatic carbocycles. The molecule has 1 aliphatic rings. The van der Waals surface area contributed by atoms with Gasteiger partial charge in [-0.15, -0.1) is 10.2 Å². The summed E-state index contributed by atoms with van der Waals surface area (Å²) >= 11 is 1.33. The van der Waals surface area contributed by atoms with Crippen molar-refractivity contribution in [2.24, 2.45) is 0 Å². The number of nitriles is 1. The lowest BCUT2D eigenvalue weighted by Gasteiger charge is -2.25. The minimum atomic E-state index is -0.498. The third kappa shape index (κ3) is 5.53. The molecule has 0 atom stereocenters. The Hall–Kier alpha value is -3.64. The molecule has 0 radical (unpaired) electrons. The average Bonchev–Trinajstić information content (AvgIpc) is 3.48. The predicted molar refractivity (Wildman–Crippen MR) is 125 cm³/mol. The molecule has 0 saturated carbocycles. The van der Waals surface area contributed by atoms with Gasteiger partial charge in [0, 0.05) is 25.0 Å². The second kappa shape index (κ2) is 10.6. The molecular weight excluding hydrogens is 424 g/mol. The van der Waals surface area contributed by atoms with Crippen LogP contribution in [0.5, 0.6) is 5.75 Å². The van der Waals surface area contributed by atoms with Crippen molar-refractivity contribution in [2.75, 3.05) is 29.9 Å². The molecular formula is C23H24N6O2S. The van der Waals surface area contributed by atoms with E-state index in [9.17, 15) is 10.1 Å². The van der Waals surface area contributed by atoms with Gasteiger partial charge in [0.25, 0.3) is 5.91 Å². The number of ether oxygens (including phenoxy) is 1. The average molecular weight is 449 g/mol. The summed E-state index contributed by atoms with van der Waals surface area (Å²) < 4.78 is 7.68. The number of para-hydroxylation sites is 1. The Morgan fingerprint density at radius 2 is 1.97 bits per heavy atom. The lowest BCUT2D eigenvalue weighted by atomic mass is 10.1. The van der Waals surface area contributed by atoms with Crippen LogP contribution in [0.15, 0.2) is 54.2 Å². The highest BCUT2D eigenvalue weighted by Crippen LogP contribution is 2.27. The van der Waals surface area contributed by atoms with E-state index in [0.29, 0.717) is 18.3 Å². The van der Waals surface area contributed by atoms with Gasteiger partial charge in [-0.3, -0.25) is 10.1 Å². The van der Waals surface area contributed by atoms with E-state index in [1.165, 1.54) is 17.8 Å². The van der Waals surface area contributed by atoms with E-state index in [2.05, 4.69) is 20.4 Å². The van der Waals surface area contributed by atoms with Gasteiger partial charge < -0.3 is 14.2 Å². The van der Waals surface area contributed by atoms with Crippen molar-refractivity contribution in [3.8, 4) is 11.8 Å². The van der Waals surface area contributed by atoms with Crippen LogP contribution in [0.25, 0.3) is 6.08 Å². The Kier molecular flexibility index (Phi) is 7.15. The van der Waals surface area contributed by atoms with Gasteiger partial charge in [-0.1, -0.05) is 29.5 Å². The predicted octanol–water partition coefficient (Wildman–Crippen LogP) is 3.95. The van der Waals surface area contributed by atoms with Gasteiger partial charge in [0.1, 0.15) is 24.0 Å². The monoisotopic (exact) mass is 448 g/mol. The Morgan fingerprint density at radius 3 is 2.75 bits per heavy atom. The number of piperidine rings is 1. The Labute approximate surface area is 190 Å². The lowest BCUT2D eigenvalue weighted by Crippen LogP contribution is -2.29. The smallest absolute Gasteiger partial charge is 0.268 e. The van der Waals surface area contributed by atoms with Crippen LogP contribution in [0.3, 0.4) is 0 Å². The van der Waals surface area contributed by atoms with E-state index >= 15 is 0 Å². The normalized spacial score (nSPS) is 14.1. The quantitative estimate of drug-likeness (QED) is 0.414. The zero-order valence-electron chi connectivity index (χ0n) is 17.6. The number of carbonyl (C=O) groups is 1. The highest BCUT2D eigenvalue weighted by Gasteiger charge is 2.18. The van der Waals surface area contributed by atoms with Gasteiger partial charge in [0.15, 0.2) is 0 Å². The van der Waals surface area contributed by atoms with Crippen molar-refractivity contribution in [1.82, 2.24) is 14.8 Å². The van der Waals surface area contributed by atoms with E-state index in [1.54, 1.807) is 6.08 Å². The molecule has 0 aliphatic carbocycles. The fraction of sp³-hybridized carbons (Fsp3) is 0.304. The topological polar surface area (TPSA) is 96.1 Å². The summed E-state index contributed by atoms with van der Waals surface area (Å²) in [5, 5.41) is 21.7. The minimum Gasteiger partial charge on any atom is -0.492 e. The molecule has 1 N–H and O–H groups in total. The van der Waals surface area contributed by atoms with E-state index in [-0.39, 0.29) is 5.57 Å². The van der Waals surface area contributed by atoms with Crippen molar-refractivity contribution in [3.63, 3.8) is 0 Å². The highest BCUT2D eigenvalue weighted by molar-refractivity contribution is 7.19. The van der Waals surface area contributed by atoms with Crippen molar-refractivity contribution in [3.05, 3.63) is 59.9 Å². The number of benzene rings is 1. The largest absolute Gasteiger partial charge is 0.492 e. The molecule has 0 bridgehead atoms. The van der Waals surface area contributed by atoms with Crippen LogP contribution in [0.2, 0.25) is 0 Å². The van der Waals surface area contributed by atoms with Gasteiger partial charge >= 0.3 is 0 Å². The maximum atomic E-state index is 12.7. The van der Waals surface area contributed by atoms with E-state index in [1.807, 2.05) is 59.3 Å². The van der Waals surface area contributed by atoms with Gasteiger partial charge in [-0.25, -0.2) is 0 Å². The number of carbonyl (C=O) groups excluding carboxylic acids is 1. The first kappa shape index (κ1) is 21.6. The molecule has 1 aliphatic heterocycles. The van der Waals surface area contributed by atoms with Crippen LogP contribution in [-0.2, 0) is 11.3 Å². The number of hydrogen-bond donors (Lipinski definition) is 1. The van der Waals surface area contributed by atoms with Gasteiger partial charge in [0.2, 0.25) is 10.3 Å². The third-order valence-electron chi connectivity index (χ3n) is 5.13. The van der Waals surface area contributed by atoms with Crippen molar-refractivity contribution in [2.45, 2.75) is 25.8 Å². The van der Waals surface area contributed by atoms with Crippen LogP contribution in [0.4, 0.5) is 10.3 Å². The zero-order valence-corrected chi connectivity index (χ0v) is 18.4. The Morgan fingerprint density at radius 1 is 1.16 bits per heavy atom. The number of anilines is 2. The van der Waals surface area contributed by atoms with Gasteiger partial charge in [-0.05, 0) is 49.6 Å². The summed E-state index contributed by atoms with van der Waals surface area (Å²) in [6.07, 6.45) is 6.97. The number of aromatic nitrogens is 3. The van der Waals surface area contributed by atoms with Crippen molar-refractivity contribution in [1.29, 1.82) is 5.26 Å². The molecule has 3 aromatic rings. The molecule has 1 fully saturated rings.